The van der Waals surface area contributed by atoms with E-state index in [1.165, 1.54) is 12.1 Å². The van der Waals surface area contributed by atoms with Crippen LogP contribution in [0.4, 0.5) is 0 Å². The van der Waals surface area contributed by atoms with Crippen LogP contribution in [0.25, 0.3) is 0 Å². The second-order valence-corrected chi connectivity index (χ2v) is 4.49. The normalized spacial score (nSPS) is 11.9. The molecule has 21 heavy (non-hydrogen) atoms. The number of aromatic carboxylic acids is 2. The van der Waals surface area contributed by atoms with Crippen LogP contribution in [-0.4, -0.2) is 53.1 Å². The quantitative estimate of drug-likeness (QED) is 0.499. The number of nitrogens with one attached hydrogen (secondary N) is 1. The van der Waals surface area contributed by atoms with E-state index in [4.69, 9.17) is 14.9 Å². The molecule has 0 aliphatic heterocycles. The van der Waals surface area contributed by atoms with E-state index in [0.29, 0.717) is 6.54 Å². The lowest BCUT2D eigenvalue weighted by Crippen LogP contribution is -2.31. The third kappa shape index (κ3) is 5.41. The summed E-state index contributed by atoms with van der Waals surface area (Å²) in [5.74, 6) is -2.46. The number of aliphatic hydroxyl groups is 1. The van der Waals surface area contributed by atoms with Gasteiger partial charge in [0.05, 0.1) is 11.1 Å². The molecule has 0 saturated heterocycles. The minimum Gasteiger partial charge on any atom is -0.491 e. The average molecular weight is 297 g/mol. The van der Waals surface area contributed by atoms with E-state index in [9.17, 15) is 14.7 Å². The molecule has 0 aliphatic rings. The molecule has 0 radical (unpaired) electrons. The Morgan fingerprint density at radius 1 is 1.24 bits per heavy atom. The summed E-state index contributed by atoms with van der Waals surface area (Å²) in [6.45, 7) is 3.15. The fraction of sp³-hybridized carbons (Fsp3) is 0.429. The van der Waals surface area contributed by atoms with E-state index in [0.717, 1.165) is 19.0 Å². The van der Waals surface area contributed by atoms with Crippen LogP contribution in [0.2, 0.25) is 0 Å². The zero-order valence-corrected chi connectivity index (χ0v) is 11.7. The molecule has 0 saturated carbocycles. The lowest BCUT2D eigenvalue weighted by molar-refractivity contribution is 0.0650. The van der Waals surface area contributed by atoms with Crippen molar-refractivity contribution in [3.05, 3.63) is 29.3 Å². The molecular formula is C14H19NO6. The van der Waals surface area contributed by atoms with Crippen molar-refractivity contribution in [2.45, 2.75) is 19.4 Å². The van der Waals surface area contributed by atoms with Gasteiger partial charge in [-0.05, 0) is 31.2 Å². The lowest BCUT2D eigenvalue weighted by Gasteiger charge is -2.13. The number of hydrogen-bond acceptors (Lipinski definition) is 5. The Hall–Kier alpha value is -2.12. The standard InChI is InChI=1S/C14H19NO6/c1-2-5-15-7-9(16)8-21-10-3-4-11(13(17)18)12(6-10)14(19)20/h3-4,6,9,15-16H,2,5,7-8H2,1H3,(H,17,18)(H,19,20). The Kier molecular flexibility index (Phi) is 6.64. The second-order valence-electron chi connectivity index (χ2n) is 4.49. The predicted octanol–water partition coefficient (Wildman–Crippen LogP) is 0.822. The summed E-state index contributed by atoms with van der Waals surface area (Å²) >= 11 is 0. The largest absolute Gasteiger partial charge is 0.491 e. The molecule has 0 aliphatic carbocycles. The van der Waals surface area contributed by atoms with Crippen molar-refractivity contribution in [1.82, 2.24) is 5.32 Å². The molecule has 7 heteroatoms. The fourth-order valence-electron chi connectivity index (χ4n) is 1.67. The summed E-state index contributed by atoms with van der Waals surface area (Å²) in [5.41, 5.74) is -0.654. The number of carboxylic acid groups (broad SMARTS) is 2. The van der Waals surface area contributed by atoms with Gasteiger partial charge in [-0.2, -0.15) is 0 Å². The van der Waals surface area contributed by atoms with E-state index in [1.807, 2.05) is 6.92 Å². The van der Waals surface area contributed by atoms with Gasteiger partial charge in [-0.1, -0.05) is 6.92 Å². The van der Waals surface area contributed by atoms with Crippen LogP contribution in [0.15, 0.2) is 18.2 Å². The number of carbonyl (C=O) groups is 2. The molecule has 0 spiro atoms. The topological polar surface area (TPSA) is 116 Å². The Morgan fingerprint density at radius 3 is 2.48 bits per heavy atom. The van der Waals surface area contributed by atoms with Crippen molar-refractivity contribution < 1.29 is 29.6 Å². The minimum absolute atomic E-state index is 0.0117. The molecule has 4 N–H and O–H groups in total. The van der Waals surface area contributed by atoms with Crippen molar-refractivity contribution >= 4 is 11.9 Å². The van der Waals surface area contributed by atoms with E-state index >= 15 is 0 Å². The van der Waals surface area contributed by atoms with Gasteiger partial charge >= 0.3 is 11.9 Å². The highest BCUT2D eigenvalue weighted by molar-refractivity contribution is 6.01. The number of ether oxygens (including phenoxy) is 1. The number of hydrogen-bond donors (Lipinski definition) is 4. The van der Waals surface area contributed by atoms with Gasteiger partial charge in [0.1, 0.15) is 18.5 Å². The highest BCUT2D eigenvalue weighted by atomic mass is 16.5. The summed E-state index contributed by atoms with van der Waals surface area (Å²) in [5, 5.41) is 30.6. The summed E-state index contributed by atoms with van der Waals surface area (Å²) in [6.07, 6.45) is 0.218. The van der Waals surface area contributed by atoms with Crippen LogP contribution < -0.4 is 10.1 Å². The molecular weight excluding hydrogens is 278 g/mol. The van der Waals surface area contributed by atoms with Crippen molar-refractivity contribution in [2.75, 3.05) is 19.7 Å². The maximum Gasteiger partial charge on any atom is 0.336 e. The smallest absolute Gasteiger partial charge is 0.336 e. The second kappa shape index (κ2) is 8.23. The van der Waals surface area contributed by atoms with Crippen molar-refractivity contribution in [2.24, 2.45) is 0 Å². The fourth-order valence-corrected chi connectivity index (χ4v) is 1.67. The van der Waals surface area contributed by atoms with E-state index < -0.39 is 18.0 Å². The molecule has 0 aromatic heterocycles. The molecule has 0 heterocycles. The summed E-state index contributed by atoms with van der Waals surface area (Å²) in [7, 11) is 0. The van der Waals surface area contributed by atoms with Crippen LogP contribution in [-0.2, 0) is 0 Å². The van der Waals surface area contributed by atoms with Gasteiger partial charge in [-0.15, -0.1) is 0 Å². The highest BCUT2D eigenvalue weighted by Gasteiger charge is 2.17. The molecule has 7 nitrogen and oxygen atoms in total. The van der Waals surface area contributed by atoms with Gasteiger partial charge in [-0.25, -0.2) is 9.59 Å². The van der Waals surface area contributed by atoms with Gasteiger partial charge in [0.25, 0.3) is 0 Å². The van der Waals surface area contributed by atoms with Gasteiger partial charge < -0.3 is 25.4 Å². The van der Waals surface area contributed by atoms with E-state index in [1.54, 1.807) is 0 Å². The third-order valence-electron chi connectivity index (χ3n) is 2.70. The lowest BCUT2D eigenvalue weighted by atomic mass is 10.1. The van der Waals surface area contributed by atoms with Crippen LogP contribution in [0, 0.1) is 0 Å². The average Bonchev–Trinajstić information content (AvgIpc) is 2.44. The maximum absolute atomic E-state index is 11.0. The molecule has 1 rings (SSSR count). The zero-order chi connectivity index (χ0) is 15.8. The monoisotopic (exact) mass is 297 g/mol. The van der Waals surface area contributed by atoms with E-state index in [-0.39, 0.29) is 23.5 Å². The first kappa shape index (κ1) is 16.9. The van der Waals surface area contributed by atoms with Gasteiger partial charge in [-0.3, -0.25) is 0 Å². The Labute approximate surface area is 122 Å². The Bertz CT molecular complexity index is 502. The SMILES string of the molecule is CCCNCC(O)COc1ccc(C(=O)O)c(C(=O)O)c1. The number of carboxylic acids is 2. The summed E-state index contributed by atoms with van der Waals surface area (Å²) < 4.78 is 5.28. The van der Waals surface area contributed by atoms with Crippen molar-refractivity contribution in [1.29, 1.82) is 0 Å². The molecule has 116 valence electrons. The van der Waals surface area contributed by atoms with Crippen LogP contribution in [0.3, 0.4) is 0 Å². The summed E-state index contributed by atoms with van der Waals surface area (Å²) in [4.78, 5) is 21.9. The van der Waals surface area contributed by atoms with Crippen molar-refractivity contribution in [3.8, 4) is 5.75 Å². The first-order valence-electron chi connectivity index (χ1n) is 6.58. The predicted molar refractivity (Wildman–Crippen MR) is 75.0 cm³/mol. The van der Waals surface area contributed by atoms with Crippen LogP contribution in [0.1, 0.15) is 34.1 Å². The third-order valence-corrected chi connectivity index (χ3v) is 2.70. The number of benzene rings is 1. The van der Waals surface area contributed by atoms with Gasteiger partial charge in [0.15, 0.2) is 0 Å². The molecule has 1 aromatic rings. The molecule has 1 aromatic carbocycles. The van der Waals surface area contributed by atoms with Crippen molar-refractivity contribution in [3.63, 3.8) is 0 Å². The Morgan fingerprint density at radius 2 is 1.90 bits per heavy atom. The van der Waals surface area contributed by atoms with Crippen LogP contribution in [0.5, 0.6) is 5.75 Å². The molecule has 0 amide bonds. The highest BCUT2D eigenvalue weighted by Crippen LogP contribution is 2.18. The maximum atomic E-state index is 11.0. The number of rotatable bonds is 9. The molecule has 1 unspecified atom stereocenters. The zero-order valence-electron chi connectivity index (χ0n) is 11.7. The van der Waals surface area contributed by atoms with Gasteiger partial charge in [0.2, 0.25) is 0 Å². The number of aliphatic hydroxyl groups excluding tert-OH is 1. The van der Waals surface area contributed by atoms with Crippen LogP contribution >= 0.6 is 0 Å². The Balaban J connectivity index is 2.66. The molecule has 0 bridgehead atoms. The molecule has 0 fully saturated rings. The van der Waals surface area contributed by atoms with Gasteiger partial charge in [0, 0.05) is 6.54 Å². The first-order valence-corrected chi connectivity index (χ1v) is 6.58. The first-order chi connectivity index (χ1) is 9.95. The van der Waals surface area contributed by atoms with E-state index in [2.05, 4.69) is 5.32 Å². The minimum atomic E-state index is -1.34. The molecule has 1 atom stereocenters. The summed E-state index contributed by atoms with van der Waals surface area (Å²) in [6, 6.07) is 3.67.